The van der Waals surface area contributed by atoms with Gasteiger partial charge in [-0.3, -0.25) is 4.79 Å². The van der Waals surface area contributed by atoms with Gasteiger partial charge in [-0.05, 0) is 54.3 Å². The van der Waals surface area contributed by atoms with Crippen molar-refractivity contribution in [2.75, 3.05) is 7.05 Å². The van der Waals surface area contributed by atoms with Crippen LogP contribution in [0.1, 0.15) is 39.5 Å². The molecule has 0 saturated carbocycles. The molecule has 3 aromatic carbocycles. The number of benzene rings is 3. The maximum Gasteiger partial charge on any atom is 0.271 e. The molecular weight excluding hydrogens is 422 g/mol. The monoisotopic (exact) mass is 449 g/mol. The van der Waals surface area contributed by atoms with Crippen LogP contribution < -0.4 is 5.43 Å². The highest BCUT2D eigenvalue weighted by Gasteiger charge is 2.20. The van der Waals surface area contributed by atoms with E-state index in [1.54, 1.807) is 54.7 Å². The minimum Gasteiger partial charge on any atom is -0.267 e. The van der Waals surface area contributed by atoms with Crippen LogP contribution in [0.4, 0.5) is 0 Å². The third kappa shape index (κ3) is 5.90. The van der Waals surface area contributed by atoms with E-state index < -0.39 is 10.0 Å². The molecular formula is C25H27N3O3S. The quantitative estimate of drug-likeness (QED) is 0.415. The van der Waals surface area contributed by atoms with Gasteiger partial charge in [0.2, 0.25) is 10.0 Å². The second-order valence-corrected chi connectivity index (χ2v) is 9.61. The van der Waals surface area contributed by atoms with Gasteiger partial charge >= 0.3 is 0 Å². The van der Waals surface area contributed by atoms with E-state index in [4.69, 9.17) is 0 Å². The first-order valence-electron chi connectivity index (χ1n) is 10.3. The summed E-state index contributed by atoms with van der Waals surface area (Å²) in [5.41, 5.74) is 6.87. The van der Waals surface area contributed by atoms with E-state index in [2.05, 4.69) is 17.5 Å². The van der Waals surface area contributed by atoms with E-state index in [1.807, 2.05) is 31.2 Å². The van der Waals surface area contributed by atoms with Crippen molar-refractivity contribution in [3.63, 3.8) is 0 Å². The van der Waals surface area contributed by atoms with Gasteiger partial charge in [0.25, 0.3) is 5.91 Å². The summed E-state index contributed by atoms with van der Waals surface area (Å²) in [6.45, 7) is 4.20. The summed E-state index contributed by atoms with van der Waals surface area (Å²) < 4.78 is 26.8. The summed E-state index contributed by atoms with van der Waals surface area (Å²) in [6, 6.07) is 21.5. The zero-order valence-electron chi connectivity index (χ0n) is 18.4. The summed E-state index contributed by atoms with van der Waals surface area (Å²) in [5, 5.41) is 4.00. The number of carbonyl (C=O) groups is 1. The molecule has 0 saturated heterocycles. The van der Waals surface area contributed by atoms with Crippen LogP contribution in [-0.4, -0.2) is 31.9 Å². The smallest absolute Gasteiger partial charge is 0.267 e. The molecule has 0 heterocycles. The van der Waals surface area contributed by atoms with Gasteiger partial charge in [0.15, 0.2) is 0 Å². The summed E-state index contributed by atoms with van der Waals surface area (Å²) in [6.07, 6.45) is 2.56. The fourth-order valence-electron chi connectivity index (χ4n) is 3.06. The SMILES string of the molecule is CCc1ccc(C=NNC(=O)c2ccc(CN(C)S(=O)(=O)c3ccc(C)cc3)cc2)cc1. The largest absolute Gasteiger partial charge is 0.271 e. The molecule has 0 radical (unpaired) electrons. The lowest BCUT2D eigenvalue weighted by Gasteiger charge is -2.17. The summed E-state index contributed by atoms with van der Waals surface area (Å²) in [7, 11) is -2.05. The third-order valence-corrected chi connectivity index (χ3v) is 6.94. The van der Waals surface area contributed by atoms with Crippen molar-refractivity contribution in [2.45, 2.75) is 31.7 Å². The van der Waals surface area contributed by atoms with E-state index >= 15 is 0 Å². The van der Waals surface area contributed by atoms with Crippen LogP contribution in [0, 0.1) is 6.92 Å². The molecule has 0 fully saturated rings. The fraction of sp³-hybridized carbons (Fsp3) is 0.200. The minimum absolute atomic E-state index is 0.198. The number of hydrogen-bond donors (Lipinski definition) is 1. The van der Waals surface area contributed by atoms with Crippen LogP contribution in [0.2, 0.25) is 0 Å². The first kappa shape index (κ1) is 23.4. The minimum atomic E-state index is -3.59. The van der Waals surface area contributed by atoms with Crippen molar-refractivity contribution in [1.29, 1.82) is 0 Å². The van der Waals surface area contributed by atoms with Crippen LogP contribution in [-0.2, 0) is 23.0 Å². The number of hydrazone groups is 1. The topological polar surface area (TPSA) is 78.8 Å². The molecule has 1 amide bonds. The van der Waals surface area contributed by atoms with Crippen molar-refractivity contribution in [2.24, 2.45) is 5.10 Å². The Morgan fingerprint density at radius 3 is 2.12 bits per heavy atom. The standard InChI is InChI=1S/C25H27N3O3S/c1-4-20-7-9-21(10-8-20)17-26-27-25(29)23-13-11-22(12-14-23)18-28(3)32(30,31)24-15-5-19(2)6-16-24/h5-17H,4,18H2,1-3H3,(H,27,29). The average Bonchev–Trinajstić information content (AvgIpc) is 2.80. The Morgan fingerprint density at radius 2 is 1.53 bits per heavy atom. The molecule has 3 aromatic rings. The zero-order valence-corrected chi connectivity index (χ0v) is 19.3. The molecule has 0 bridgehead atoms. The number of sulfonamides is 1. The first-order valence-corrected chi connectivity index (χ1v) is 11.8. The van der Waals surface area contributed by atoms with Gasteiger partial charge < -0.3 is 0 Å². The molecule has 0 aromatic heterocycles. The fourth-order valence-corrected chi connectivity index (χ4v) is 4.22. The van der Waals surface area contributed by atoms with E-state index in [9.17, 15) is 13.2 Å². The van der Waals surface area contributed by atoms with Crippen molar-refractivity contribution in [3.05, 3.63) is 101 Å². The normalized spacial score (nSPS) is 11.8. The van der Waals surface area contributed by atoms with E-state index in [1.165, 1.54) is 16.9 Å². The first-order chi connectivity index (χ1) is 15.3. The molecule has 166 valence electrons. The summed E-state index contributed by atoms with van der Waals surface area (Å²) >= 11 is 0. The predicted octanol–water partition coefficient (Wildman–Crippen LogP) is 4.14. The van der Waals surface area contributed by atoms with Crippen LogP contribution >= 0.6 is 0 Å². The van der Waals surface area contributed by atoms with Crippen LogP contribution in [0.25, 0.3) is 0 Å². The number of nitrogens with zero attached hydrogens (tertiary/aromatic N) is 2. The van der Waals surface area contributed by atoms with Crippen LogP contribution in [0.3, 0.4) is 0 Å². The number of rotatable bonds is 8. The van der Waals surface area contributed by atoms with Crippen molar-refractivity contribution < 1.29 is 13.2 Å². The van der Waals surface area contributed by atoms with Gasteiger partial charge in [-0.25, -0.2) is 13.8 Å². The Bertz CT molecular complexity index is 1180. The van der Waals surface area contributed by atoms with Gasteiger partial charge in [-0.2, -0.15) is 9.41 Å². The van der Waals surface area contributed by atoms with E-state index in [0.29, 0.717) is 5.56 Å². The Morgan fingerprint density at radius 1 is 0.938 bits per heavy atom. The maximum absolute atomic E-state index is 12.7. The van der Waals surface area contributed by atoms with Crippen LogP contribution in [0.15, 0.2) is 82.8 Å². The van der Waals surface area contributed by atoms with Crippen molar-refractivity contribution in [3.8, 4) is 0 Å². The predicted molar refractivity (Wildman–Crippen MR) is 127 cm³/mol. The second kappa shape index (κ2) is 10.3. The number of nitrogens with one attached hydrogen (secondary N) is 1. The number of carbonyl (C=O) groups excluding carboxylic acids is 1. The third-order valence-electron chi connectivity index (χ3n) is 5.12. The number of amides is 1. The van der Waals surface area contributed by atoms with Crippen molar-refractivity contribution >= 4 is 22.1 Å². The highest BCUT2D eigenvalue weighted by atomic mass is 32.2. The van der Waals surface area contributed by atoms with Gasteiger partial charge in [0.05, 0.1) is 11.1 Å². The molecule has 0 unspecified atom stereocenters. The zero-order chi connectivity index (χ0) is 23.1. The Balaban J connectivity index is 1.59. The van der Waals surface area contributed by atoms with E-state index in [-0.39, 0.29) is 17.3 Å². The van der Waals surface area contributed by atoms with Crippen LogP contribution in [0.5, 0.6) is 0 Å². The lowest BCUT2D eigenvalue weighted by atomic mass is 10.1. The molecule has 32 heavy (non-hydrogen) atoms. The Kier molecular flexibility index (Phi) is 7.56. The highest BCUT2D eigenvalue weighted by molar-refractivity contribution is 7.89. The van der Waals surface area contributed by atoms with Gasteiger partial charge in [0.1, 0.15) is 0 Å². The van der Waals surface area contributed by atoms with Gasteiger partial charge in [-0.1, -0.05) is 61.0 Å². The van der Waals surface area contributed by atoms with Gasteiger partial charge in [-0.15, -0.1) is 0 Å². The molecule has 0 aliphatic heterocycles. The molecule has 0 aliphatic carbocycles. The van der Waals surface area contributed by atoms with E-state index in [0.717, 1.165) is 23.1 Å². The molecule has 6 nitrogen and oxygen atoms in total. The molecule has 0 atom stereocenters. The van der Waals surface area contributed by atoms with Gasteiger partial charge in [0, 0.05) is 19.2 Å². The highest BCUT2D eigenvalue weighted by Crippen LogP contribution is 2.17. The molecule has 0 aliphatic rings. The van der Waals surface area contributed by atoms with Crippen molar-refractivity contribution in [1.82, 2.24) is 9.73 Å². The summed E-state index contributed by atoms with van der Waals surface area (Å²) in [4.78, 5) is 12.6. The molecule has 3 rings (SSSR count). The Labute approximate surface area is 189 Å². The average molecular weight is 450 g/mol. The Hall–Kier alpha value is -3.29. The lowest BCUT2D eigenvalue weighted by molar-refractivity contribution is 0.0955. The second-order valence-electron chi connectivity index (χ2n) is 7.57. The molecule has 0 spiro atoms. The molecule has 1 N–H and O–H groups in total. The lowest BCUT2D eigenvalue weighted by Crippen LogP contribution is -2.26. The summed E-state index contributed by atoms with van der Waals surface area (Å²) in [5.74, 6) is -0.335. The number of hydrogen-bond acceptors (Lipinski definition) is 4. The maximum atomic E-state index is 12.7. The number of aryl methyl sites for hydroxylation is 2. The molecule has 7 heteroatoms.